The number of phenols is 1. The Morgan fingerprint density at radius 2 is 2.00 bits per heavy atom. The van der Waals surface area contributed by atoms with Crippen LogP contribution in [-0.4, -0.2) is 22.8 Å². The maximum atomic E-state index is 10.7. The molecule has 0 spiro atoms. The van der Waals surface area contributed by atoms with Gasteiger partial charge in [-0.15, -0.1) is 0 Å². The number of alkyl halides is 1. The molecule has 0 saturated heterocycles. The molecule has 0 fully saturated rings. The second-order valence-corrected chi connectivity index (χ2v) is 7.55. The summed E-state index contributed by atoms with van der Waals surface area (Å²) in [7, 11) is 0. The van der Waals surface area contributed by atoms with E-state index in [4.69, 9.17) is 10.1 Å². The molecule has 0 atom stereocenters. The van der Waals surface area contributed by atoms with Crippen LogP contribution in [0.25, 0.3) is 0 Å². The number of nitrogens with one attached hydrogen (secondary N) is 1. The first-order valence-corrected chi connectivity index (χ1v) is 9.59. The molecule has 4 heteroatoms. The standard InChI is InChI=1S/C19H30BrNO2/c1-5-8-15-17(23-12-7-11-20)10-9-14(18(15)22)16(21)13-19(3,4)6-2/h9-10,21-22H,5-8,11-13H2,1-4H3. The third kappa shape index (κ3) is 5.83. The van der Waals surface area contributed by atoms with E-state index < -0.39 is 0 Å². The molecule has 3 nitrogen and oxygen atoms in total. The zero-order valence-electron chi connectivity index (χ0n) is 14.8. The van der Waals surface area contributed by atoms with Gasteiger partial charge in [-0.3, -0.25) is 0 Å². The molecule has 2 N–H and O–H groups in total. The molecular weight excluding hydrogens is 354 g/mol. The Labute approximate surface area is 149 Å². The number of hydrogen-bond donors (Lipinski definition) is 2. The van der Waals surface area contributed by atoms with E-state index in [-0.39, 0.29) is 11.2 Å². The summed E-state index contributed by atoms with van der Waals surface area (Å²) in [6.07, 6.45) is 4.28. The van der Waals surface area contributed by atoms with Crippen LogP contribution in [0.1, 0.15) is 64.5 Å². The molecule has 0 aliphatic heterocycles. The van der Waals surface area contributed by atoms with Crippen molar-refractivity contribution in [2.24, 2.45) is 5.41 Å². The number of halogens is 1. The smallest absolute Gasteiger partial charge is 0.131 e. The van der Waals surface area contributed by atoms with Gasteiger partial charge in [-0.2, -0.15) is 0 Å². The highest BCUT2D eigenvalue weighted by atomic mass is 79.9. The Kier molecular flexibility index (Phi) is 8.10. The minimum absolute atomic E-state index is 0.0689. The van der Waals surface area contributed by atoms with E-state index in [9.17, 15) is 5.11 Å². The Morgan fingerprint density at radius 1 is 1.30 bits per heavy atom. The summed E-state index contributed by atoms with van der Waals surface area (Å²) in [5, 5.41) is 20.0. The summed E-state index contributed by atoms with van der Waals surface area (Å²) in [5.41, 5.74) is 2.04. The van der Waals surface area contributed by atoms with Crippen LogP contribution in [0.5, 0.6) is 11.5 Å². The van der Waals surface area contributed by atoms with Crippen molar-refractivity contribution in [2.75, 3.05) is 11.9 Å². The number of phenolic OH excluding ortho intramolecular Hbond substituents is 1. The molecule has 23 heavy (non-hydrogen) atoms. The van der Waals surface area contributed by atoms with Crippen LogP contribution in [-0.2, 0) is 6.42 Å². The van der Waals surface area contributed by atoms with Gasteiger partial charge >= 0.3 is 0 Å². The van der Waals surface area contributed by atoms with E-state index >= 15 is 0 Å². The highest BCUT2D eigenvalue weighted by Crippen LogP contribution is 2.35. The normalized spacial score (nSPS) is 11.5. The summed E-state index contributed by atoms with van der Waals surface area (Å²) in [6.45, 7) is 9.16. The molecule has 0 aliphatic carbocycles. The topological polar surface area (TPSA) is 53.3 Å². The van der Waals surface area contributed by atoms with Crippen LogP contribution < -0.4 is 4.74 Å². The maximum Gasteiger partial charge on any atom is 0.131 e. The molecule has 0 unspecified atom stereocenters. The zero-order chi connectivity index (χ0) is 17.5. The Hall–Kier alpha value is -1.03. The molecule has 0 bridgehead atoms. The zero-order valence-corrected chi connectivity index (χ0v) is 16.4. The fourth-order valence-electron chi connectivity index (χ4n) is 2.42. The molecule has 1 aromatic carbocycles. The van der Waals surface area contributed by atoms with Gasteiger partial charge in [-0.25, -0.2) is 0 Å². The molecule has 0 saturated carbocycles. The van der Waals surface area contributed by atoms with Gasteiger partial charge in [0.2, 0.25) is 0 Å². The molecule has 0 heterocycles. The van der Waals surface area contributed by atoms with Crippen molar-refractivity contribution in [3.05, 3.63) is 23.3 Å². The van der Waals surface area contributed by atoms with E-state index in [1.807, 2.05) is 12.1 Å². The van der Waals surface area contributed by atoms with Crippen LogP contribution in [0, 0.1) is 10.8 Å². The lowest BCUT2D eigenvalue weighted by atomic mass is 9.82. The Bertz CT molecular complexity index is 526. The lowest BCUT2D eigenvalue weighted by Gasteiger charge is -2.24. The van der Waals surface area contributed by atoms with E-state index in [2.05, 4.69) is 43.6 Å². The van der Waals surface area contributed by atoms with Gasteiger partial charge in [0, 0.05) is 22.2 Å². The van der Waals surface area contributed by atoms with Crippen molar-refractivity contribution in [3.8, 4) is 11.5 Å². The summed E-state index contributed by atoms with van der Waals surface area (Å²) < 4.78 is 5.81. The highest BCUT2D eigenvalue weighted by molar-refractivity contribution is 9.09. The largest absolute Gasteiger partial charge is 0.507 e. The number of hydrogen-bond acceptors (Lipinski definition) is 3. The average molecular weight is 384 g/mol. The number of ether oxygens (including phenoxy) is 1. The Morgan fingerprint density at radius 3 is 2.57 bits per heavy atom. The summed E-state index contributed by atoms with van der Waals surface area (Å²) in [5.74, 6) is 0.969. The Balaban J connectivity index is 3.06. The molecular formula is C19H30BrNO2. The van der Waals surface area contributed by atoms with Gasteiger partial charge in [-0.1, -0.05) is 56.5 Å². The first-order valence-electron chi connectivity index (χ1n) is 8.47. The van der Waals surface area contributed by atoms with Crippen molar-refractivity contribution >= 4 is 21.6 Å². The van der Waals surface area contributed by atoms with E-state index in [1.165, 1.54) is 0 Å². The number of rotatable bonds is 10. The molecule has 0 radical (unpaired) electrons. The van der Waals surface area contributed by atoms with Crippen LogP contribution >= 0.6 is 15.9 Å². The molecule has 130 valence electrons. The minimum Gasteiger partial charge on any atom is -0.507 e. The monoisotopic (exact) mass is 383 g/mol. The quantitative estimate of drug-likeness (QED) is 0.309. The van der Waals surface area contributed by atoms with Gasteiger partial charge < -0.3 is 15.3 Å². The molecule has 0 amide bonds. The van der Waals surface area contributed by atoms with Crippen molar-refractivity contribution in [2.45, 2.75) is 59.8 Å². The SMILES string of the molecule is CCCc1c(OCCCBr)ccc(C(=N)CC(C)(C)CC)c1O. The predicted molar refractivity (Wildman–Crippen MR) is 102 cm³/mol. The van der Waals surface area contributed by atoms with E-state index in [0.29, 0.717) is 24.3 Å². The van der Waals surface area contributed by atoms with Gasteiger partial charge in [0.25, 0.3) is 0 Å². The number of benzene rings is 1. The first kappa shape index (κ1) is 20.0. The third-order valence-electron chi connectivity index (χ3n) is 4.21. The second kappa shape index (κ2) is 9.31. The first-order chi connectivity index (χ1) is 10.9. The fourth-order valence-corrected chi connectivity index (χ4v) is 2.65. The fraction of sp³-hybridized carbons (Fsp3) is 0.632. The second-order valence-electron chi connectivity index (χ2n) is 6.75. The van der Waals surface area contributed by atoms with Crippen LogP contribution in [0.15, 0.2) is 12.1 Å². The summed E-state index contributed by atoms with van der Waals surface area (Å²) >= 11 is 3.39. The van der Waals surface area contributed by atoms with Crippen LogP contribution in [0.2, 0.25) is 0 Å². The van der Waals surface area contributed by atoms with Crippen molar-refractivity contribution in [1.29, 1.82) is 5.41 Å². The van der Waals surface area contributed by atoms with Gasteiger partial charge in [0.15, 0.2) is 0 Å². The lowest BCUT2D eigenvalue weighted by molar-refractivity contribution is 0.312. The van der Waals surface area contributed by atoms with E-state index in [0.717, 1.165) is 42.3 Å². The van der Waals surface area contributed by atoms with E-state index in [1.54, 1.807) is 0 Å². The molecule has 0 aliphatic rings. The number of aromatic hydroxyl groups is 1. The van der Waals surface area contributed by atoms with Gasteiger partial charge in [-0.05, 0) is 36.8 Å². The summed E-state index contributed by atoms with van der Waals surface area (Å²) in [4.78, 5) is 0. The predicted octanol–water partition coefficient (Wildman–Crippen LogP) is 5.70. The van der Waals surface area contributed by atoms with Crippen molar-refractivity contribution in [3.63, 3.8) is 0 Å². The summed E-state index contributed by atoms with van der Waals surface area (Å²) in [6, 6.07) is 3.73. The average Bonchev–Trinajstić information content (AvgIpc) is 2.50. The third-order valence-corrected chi connectivity index (χ3v) is 4.77. The van der Waals surface area contributed by atoms with Crippen LogP contribution in [0.4, 0.5) is 0 Å². The maximum absolute atomic E-state index is 10.7. The molecule has 1 rings (SSSR count). The highest BCUT2D eigenvalue weighted by Gasteiger charge is 2.22. The van der Waals surface area contributed by atoms with Crippen LogP contribution in [0.3, 0.4) is 0 Å². The molecule has 0 aromatic heterocycles. The van der Waals surface area contributed by atoms with Gasteiger partial charge in [0.05, 0.1) is 6.61 Å². The van der Waals surface area contributed by atoms with Gasteiger partial charge in [0.1, 0.15) is 11.5 Å². The van der Waals surface area contributed by atoms with Crippen molar-refractivity contribution < 1.29 is 9.84 Å². The minimum atomic E-state index is 0.0689. The lowest BCUT2D eigenvalue weighted by Crippen LogP contribution is -2.16. The molecule has 1 aromatic rings. The van der Waals surface area contributed by atoms with Crippen molar-refractivity contribution in [1.82, 2.24) is 0 Å².